The van der Waals surface area contributed by atoms with Crippen molar-refractivity contribution in [2.75, 3.05) is 7.11 Å². The predicted molar refractivity (Wildman–Crippen MR) is 37.7 cm³/mol. The van der Waals surface area contributed by atoms with Crippen LogP contribution in [0.25, 0.3) is 0 Å². The number of hydrogen-bond donors (Lipinski definition) is 2. The molecule has 12 heavy (non-hydrogen) atoms. The second-order valence-electron chi connectivity index (χ2n) is 0.927. The van der Waals surface area contributed by atoms with Crippen molar-refractivity contribution in [2.24, 2.45) is 0 Å². The molecule has 0 unspecified atom stereocenters. The van der Waals surface area contributed by atoms with Crippen molar-refractivity contribution in [3.05, 3.63) is 0 Å². The zero-order chi connectivity index (χ0) is 10.1. The van der Waals surface area contributed by atoms with Gasteiger partial charge in [-0.1, -0.05) is 0 Å². The fraction of sp³-hybridized carbons (Fsp3) is 0.667. The molecule has 0 heterocycles. The minimum absolute atomic E-state index is 0. The van der Waals surface area contributed by atoms with Gasteiger partial charge < -0.3 is 19.3 Å². The van der Waals surface area contributed by atoms with Crippen molar-refractivity contribution in [3.63, 3.8) is 0 Å². The Hall–Kier alpha value is 0.871. The molecule has 0 saturated carbocycles. The topological polar surface area (TPSA) is 138 Å². The van der Waals surface area contributed by atoms with Crippen LogP contribution in [-0.4, -0.2) is 89.7 Å². The van der Waals surface area contributed by atoms with Gasteiger partial charge in [0.15, 0.2) is 0 Å². The van der Waals surface area contributed by atoms with Crippen molar-refractivity contribution in [1.29, 1.82) is 0 Å². The summed E-state index contributed by atoms with van der Waals surface area (Å²) in [7, 11) is -4.17. The second-order valence-corrected chi connectivity index (χ2v) is 1.74. The fourth-order valence-electron chi connectivity index (χ4n) is 0. The van der Waals surface area contributed by atoms with Gasteiger partial charge in [0.2, 0.25) is 0 Å². The molecule has 0 amide bonds. The summed E-state index contributed by atoms with van der Waals surface area (Å²) < 4.78 is 34.1. The summed E-state index contributed by atoms with van der Waals surface area (Å²) in [5.41, 5.74) is 0. The third kappa shape index (κ3) is 1400. The molecule has 0 rings (SSSR count). The molecule has 0 aromatic rings. The standard InChI is InChI=1S/C2H4O2.CH4O.Ba.H2O4S/c1-2(3)4;1-2;;1-5(2,3)4/h1H3,(H,3,4);2H,1H3;;(H2,1,2,3,4)/q;;+2;/p-2. The third-order valence-corrected chi connectivity index (χ3v) is 0. The van der Waals surface area contributed by atoms with Crippen molar-refractivity contribution in [3.8, 4) is 0 Å². The summed E-state index contributed by atoms with van der Waals surface area (Å²) in [5, 5.41) is 14.4. The van der Waals surface area contributed by atoms with E-state index < -0.39 is 16.4 Å². The summed E-state index contributed by atoms with van der Waals surface area (Å²) in [5.74, 6) is -0.833. The Labute approximate surface area is 110 Å². The number of carboxylic acid groups (broad SMARTS) is 1. The average molecular weight is 325 g/mol. The third-order valence-electron chi connectivity index (χ3n) is 0. The van der Waals surface area contributed by atoms with Crippen LogP contribution in [0.3, 0.4) is 0 Å². The van der Waals surface area contributed by atoms with E-state index >= 15 is 0 Å². The molecule has 7 nitrogen and oxygen atoms in total. The molecular formula is C3H8BaO7S. The monoisotopic (exact) mass is 326 g/mol. The molecule has 0 aromatic carbocycles. The van der Waals surface area contributed by atoms with Crippen molar-refractivity contribution >= 4 is 65.2 Å². The largest absolute Gasteiger partial charge is 2.00 e. The molecule has 2 N–H and O–H groups in total. The van der Waals surface area contributed by atoms with Gasteiger partial charge in [0.25, 0.3) is 5.97 Å². The van der Waals surface area contributed by atoms with E-state index in [1.165, 1.54) is 0 Å². The minimum atomic E-state index is -5.17. The zero-order valence-corrected chi connectivity index (χ0v) is 11.8. The Balaban J connectivity index is -0.0000000419. The molecule has 0 aromatic heterocycles. The summed E-state index contributed by atoms with van der Waals surface area (Å²) >= 11 is 0. The average Bonchev–Trinajstić information content (AvgIpc) is 1.63. The van der Waals surface area contributed by atoms with Crippen LogP contribution < -0.4 is 0 Å². The minimum Gasteiger partial charge on any atom is -0.759 e. The fourth-order valence-corrected chi connectivity index (χ4v) is 0. The Bertz CT molecular complexity index is 161. The van der Waals surface area contributed by atoms with E-state index in [1.807, 2.05) is 0 Å². The van der Waals surface area contributed by atoms with E-state index in [0.717, 1.165) is 14.0 Å². The van der Waals surface area contributed by atoms with Crippen molar-refractivity contribution in [2.45, 2.75) is 6.92 Å². The van der Waals surface area contributed by atoms with Gasteiger partial charge in [0, 0.05) is 24.4 Å². The number of carbonyl (C=O) groups is 1. The second kappa shape index (κ2) is 14.4. The van der Waals surface area contributed by atoms with Gasteiger partial charge in [-0.2, -0.15) is 0 Å². The van der Waals surface area contributed by atoms with E-state index in [0.29, 0.717) is 0 Å². The smallest absolute Gasteiger partial charge is 0.759 e. The maximum atomic E-state index is 9.00. The number of aliphatic carboxylic acids is 1. The summed E-state index contributed by atoms with van der Waals surface area (Å²) in [6.45, 7) is 1.08. The Morgan fingerprint density at radius 1 is 1.25 bits per heavy atom. The van der Waals surface area contributed by atoms with E-state index in [9.17, 15) is 0 Å². The number of rotatable bonds is 0. The van der Waals surface area contributed by atoms with Crippen molar-refractivity contribution in [1.82, 2.24) is 0 Å². The van der Waals surface area contributed by atoms with Gasteiger partial charge in [-0.15, -0.1) is 0 Å². The van der Waals surface area contributed by atoms with Gasteiger partial charge in [0.05, 0.1) is 0 Å². The van der Waals surface area contributed by atoms with Crippen LogP contribution in [-0.2, 0) is 15.2 Å². The van der Waals surface area contributed by atoms with Gasteiger partial charge >= 0.3 is 48.9 Å². The molecule has 0 fully saturated rings. The summed E-state index contributed by atoms with van der Waals surface area (Å²) in [6, 6.07) is 0. The van der Waals surface area contributed by atoms with Crippen LogP contribution in [0.15, 0.2) is 0 Å². The van der Waals surface area contributed by atoms with E-state index in [2.05, 4.69) is 0 Å². The number of aliphatic hydroxyl groups is 1. The van der Waals surface area contributed by atoms with E-state index in [4.69, 9.17) is 32.5 Å². The maximum absolute atomic E-state index is 9.00. The first-order chi connectivity index (χ1) is 4.73. The number of hydrogen-bond acceptors (Lipinski definition) is 6. The summed E-state index contributed by atoms with van der Waals surface area (Å²) in [6.07, 6.45) is 0. The molecule has 0 spiro atoms. The quantitative estimate of drug-likeness (QED) is 0.298. The van der Waals surface area contributed by atoms with Crippen LogP contribution in [0.2, 0.25) is 0 Å². The molecule has 0 aliphatic rings. The molecule has 70 valence electrons. The van der Waals surface area contributed by atoms with Crippen LogP contribution >= 0.6 is 0 Å². The molecular weight excluding hydrogens is 317 g/mol. The predicted octanol–water partition coefficient (Wildman–Crippen LogP) is -2.02. The normalized spacial score (nSPS) is 7.42. The molecule has 0 atom stereocenters. The summed E-state index contributed by atoms with van der Waals surface area (Å²) in [4.78, 5) is 9.00. The first-order valence-corrected chi connectivity index (χ1v) is 3.37. The number of aliphatic hydroxyl groups excluding tert-OH is 1. The first kappa shape index (κ1) is 23.0. The maximum Gasteiger partial charge on any atom is 2.00 e. The molecule has 0 radical (unpaired) electrons. The number of carboxylic acids is 1. The van der Waals surface area contributed by atoms with Gasteiger partial charge in [-0.3, -0.25) is 13.2 Å². The zero-order valence-electron chi connectivity index (χ0n) is 6.55. The van der Waals surface area contributed by atoms with Crippen LogP contribution in [0, 0.1) is 0 Å². The molecule has 9 heteroatoms. The van der Waals surface area contributed by atoms with E-state index in [-0.39, 0.29) is 48.9 Å². The molecule has 0 aliphatic carbocycles. The first-order valence-electron chi connectivity index (χ1n) is 2.04. The Morgan fingerprint density at radius 2 is 1.25 bits per heavy atom. The molecule has 0 aliphatic heterocycles. The van der Waals surface area contributed by atoms with Gasteiger partial charge in [0.1, 0.15) is 0 Å². The SMILES string of the molecule is CC(=O)O.CO.O=S(=O)([O-])[O-].[Ba+2]. The molecule has 0 saturated heterocycles. The van der Waals surface area contributed by atoms with Crippen LogP contribution in [0.4, 0.5) is 0 Å². The van der Waals surface area contributed by atoms with E-state index in [1.54, 1.807) is 0 Å². The Morgan fingerprint density at radius 3 is 1.25 bits per heavy atom. The molecule has 0 bridgehead atoms. The Kier molecular flexibility index (Phi) is 27.7. The van der Waals surface area contributed by atoms with Crippen LogP contribution in [0.5, 0.6) is 0 Å². The van der Waals surface area contributed by atoms with Crippen molar-refractivity contribution < 1.29 is 32.5 Å². The van der Waals surface area contributed by atoms with Gasteiger partial charge in [-0.05, 0) is 0 Å². The van der Waals surface area contributed by atoms with Gasteiger partial charge in [-0.25, -0.2) is 0 Å². The van der Waals surface area contributed by atoms with Crippen LogP contribution in [0.1, 0.15) is 6.92 Å².